The highest BCUT2D eigenvalue weighted by molar-refractivity contribution is 5.75. The molecular weight excluding hydrogens is 226 g/mol. The average Bonchev–Trinajstić information content (AvgIpc) is 2.74. The van der Waals surface area contributed by atoms with E-state index in [1.807, 2.05) is 26.5 Å². The first kappa shape index (κ1) is 14.7. The largest absolute Gasteiger partial charge is 0.341 e. The van der Waals surface area contributed by atoms with Gasteiger partial charge < -0.3 is 4.90 Å². The van der Waals surface area contributed by atoms with E-state index in [-0.39, 0.29) is 5.91 Å². The fourth-order valence-electron chi connectivity index (χ4n) is 1.99. The Morgan fingerprint density at radius 2 is 2.06 bits per heavy atom. The summed E-state index contributed by atoms with van der Waals surface area (Å²) < 4.78 is 1.76. The molecule has 0 spiro atoms. The molecule has 18 heavy (non-hydrogen) atoms. The van der Waals surface area contributed by atoms with Crippen molar-refractivity contribution in [2.45, 2.75) is 52.0 Å². The third-order valence-electron chi connectivity index (χ3n) is 3.10. The van der Waals surface area contributed by atoms with Gasteiger partial charge in [0.15, 0.2) is 0 Å². The van der Waals surface area contributed by atoms with Crippen LogP contribution in [0.2, 0.25) is 0 Å². The first-order chi connectivity index (χ1) is 8.63. The number of rotatable bonds is 8. The summed E-state index contributed by atoms with van der Waals surface area (Å²) in [5, 5.41) is 4.10. The molecule has 0 N–H and O–H groups in total. The minimum Gasteiger partial charge on any atom is -0.341 e. The van der Waals surface area contributed by atoms with Crippen LogP contribution < -0.4 is 0 Å². The van der Waals surface area contributed by atoms with Crippen LogP contribution >= 0.6 is 0 Å². The number of hydrogen-bond acceptors (Lipinski definition) is 2. The zero-order chi connectivity index (χ0) is 13.4. The molecule has 1 amide bonds. The van der Waals surface area contributed by atoms with Gasteiger partial charge in [-0.2, -0.15) is 5.10 Å². The Bertz CT molecular complexity index is 360. The molecule has 0 aromatic carbocycles. The lowest BCUT2D eigenvalue weighted by molar-refractivity contribution is -0.130. The van der Waals surface area contributed by atoms with Gasteiger partial charge in [0, 0.05) is 38.8 Å². The van der Waals surface area contributed by atoms with Crippen LogP contribution in [-0.4, -0.2) is 27.6 Å². The van der Waals surface area contributed by atoms with Crippen molar-refractivity contribution in [3.63, 3.8) is 0 Å². The quantitative estimate of drug-likeness (QED) is 0.666. The highest BCUT2D eigenvalue weighted by Gasteiger charge is 2.09. The number of aromatic nitrogens is 2. The fraction of sp³-hybridized carbons (Fsp3) is 0.714. The molecule has 0 saturated heterocycles. The number of nitrogens with zero attached hydrogens (tertiary/aromatic N) is 3. The smallest absolute Gasteiger partial charge is 0.222 e. The van der Waals surface area contributed by atoms with E-state index in [1.165, 1.54) is 25.7 Å². The number of unbranched alkanes of at least 4 members (excludes halogenated alkanes) is 4. The van der Waals surface area contributed by atoms with Crippen LogP contribution in [0.5, 0.6) is 0 Å². The van der Waals surface area contributed by atoms with Crippen molar-refractivity contribution in [3.8, 4) is 0 Å². The van der Waals surface area contributed by atoms with Gasteiger partial charge in [-0.1, -0.05) is 32.6 Å². The van der Waals surface area contributed by atoms with E-state index >= 15 is 0 Å². The van der Waals surface area contributed by atoms with Crippen molar-refractivity contribution < 1.29 is 4.79 Å². The molecule has 4 nitrogen and oxygen atoms in total. The van der Waals surface area contributed by atoms with Gasteiger partial charge in [0.05, 0.1) is 6.20 Å². The van der Waals surface area contributed by atoms with Crippen molar-refractivity contribution in [2.24, 2.45) is 7.05 Å². The second kappa shape index (κ2) is 7.90. The van der Waals surface area contributed by atoms with Crippen molar-refractivity contribution in [3.05, 3.63) is 18.0 Å². The van der Waals surface area contributed by atoms with E-state index in [4.69, 9.17) is 0 Å². The van der Waals surface area contributed by atoms with Crippen LogP contribution in [0, 0.1) is 0 Å². The van der Waals surface area contributed by atoms with Crippen molar-refractivity contribution in [2.75, 3.05) is 7.05 Å². The van der Waals surface area contributed by atoms with Crippen molar-refractivity contribution in [1.82, 2.24) is 14.7 Å². The second-order valence-corrected chi connectivity index (χ2v) is 4.94. The molecule has 1 heterocycles. The summed E-state index contributed by atoms with van der Waals surface area (Å²) in [4.78, 5) is 13.7. The van der Waals surface area contributed by atoms with Gasteiger partial charge in [-0.05, 0) is 6.42 Å². The number of carbonyl (C=O) groups is 1. The van der Waals surface area contributed by atoms with E-state index in [0.29, 0.717) is 13.0 Å². The summed E-state index contributed by atoms with van der Waals surface area (Å²) in [5.41, 5.74) is 1.08. The molecule has 102 valence electrons. The van der Waals surface area contributed by atoms with Gasteiger partial charge in [-0.25, -0.2) is 0 Å². The first-order valence-corrected chi connectivity index (χ1v) is 6.85. The van der Waals surface area contributed by atoms with Gasteiger partial charge in [0.2, 0.25) is 5.91 Å². The molecule has 0 radical (unpaired) electrons. The second-order valence-electron chi connectivity index (χ2n) is 4.94. The Morgan fingerprint density at radius 3 is 2.67 bits per heavy atom. The zero-order valence-corrected chi connectivity index (χ0v) is 11.9. The highest BCUT2D eigenvalue weighted by atomic mass is 16.2. The molecule has 0 atom stereocenters. The Kier molecular flexibility index (Phi) is 6.47. The van der Waals surface area contributed by atoms with Crippen LogP contribution in [0.3, 0.4) is 0 Å². The van der Waals surface area contributed by atoms with Gasteiger partial charge in [0.1, 0.15) is 0 Å². The molecule has 0 aliphatic rings. The fourth-order valence-corrected chi connectivity index (χ4v) is 1.99. The summed E-state index contributed by atoms with van der Waals surface area (Å²) in [7, 11) is 3.75. The molecule has 4 heteroatoms. The van der Waals surface area contributed by atoms with Gasteiger partial charge in [0.25, 0.3) is 0 Å². The Hall–Kier alpha value is -1.32. The minimum atomic E-state index is 0.232. The predicted octanol–water partition coefficient (Wildman–Crippen LogP) is 2.74. The van der Waals surface area contributed by atoms with E-state index < -0.39 is 0 Å². The lowest BCUT2D eigenvalue weighted by Gasteiger charge is -2.16. The summed E-state index contributed by atoms with van der Waals surface area (Å²) >= 11 is 0. The van der Waals surface area contributed by atoms with E-state index in [0.717, 1.165) is 12.0 Å². The molecule has 0 saturated carbocycles. The molecule has 1 aromatic rings. The number of carbonyl (C=O) groups excluding carboxylic acids is 1. The summed E-state index contributed by atoms with van der Waals surface area (Å²) in [6.45, 7) is 2.86. The number of hydrogen-bond donors (Lipinski definition) is 0. The minimum absolute atomic E-state index is 0.232. The van der Waals surface area contributed by atoms with Crippen molar-refractivity contribution >= 4 is 5.91 Å². The molecule has 0 aliphatic heterocycles. The van der Waals surface area contributed by atoms with Crippen LogP contribution in [0.25, 0.3) is 0 Å². The monoisotopic (exact) mass is 251 g/mol. The third kappa shape index (κ3) is 5.34. The topological polar surface area (TPSA) is 38.1 Å². The summed E-state index contributed by atoms with van der Waals surface area (Å²) in [6, 6.07) is 0. The number of amides is 1. The van der Waals surface area contributed by atoms with E-state index in [9.17, 15) is 4.79 Å². The molecule has 0 aliphatic carbocycles. The van der Waals surface area contributed by atoms with Crippen LogP contribution in [0.15, 0.2) is 12.4 Å². The Morgan fingerprint density at radius 1 is 1.33 bits per heavy atom. The standard InChI is InChI=1S/C14H25N3O/c1-4-5-6-7-8-9-14(18)16(2)11-13-10-15-17(3)12-13/h10,12H,4-9,11H2,1-3H3. The lowest BCUT2D eigenvalue weighted by Crippen LogP contribution is -2.25. The molecule has 1 aromatic heterocycles. The maximum absolute atomic E-state index is 11.9. The zero-order valence-electron chi connectivity index (χ0n) is 11.9. The molecule has 0 fully saturated rings. The normalized spacial score (nSPS) is 10.6. The molecule has 1 rings (SSSR count). The van der Waals surface area contributed by atoms with Crippen LogP contribution in [-0.2, 0) is 18.4 Å². The first-order valence-electron chi connectivity index (χ1n) is 6.85. The lowest BCUT2D eigenvalue weighted by atomic mass is 10.1. The Labute approximate surface area is 110 Å². The molecular formula is C14H25N3O. The summed E-state index contributed by atoms with van der Waals surface area (Å²) in [5.74, 6) is 0.232. The highest BCUT2D eigenvalue weighted by Crippen LogP contribution is 2.08. The van der Waals surface area contributed by atoms with Gasteiger partial charge in [-0.3, -0.25) is 9.48 Å². The van der Waals surface area contributed by atoms with E-state index in [1.54, 1.807) is 9.58 Å². The number of aryl methyl sites for hydroxylation is 1. The van der Waals surface area contributed by atoms with Gasteiger partial charge >= 0.3 is 0 Å². The van der Waals surface area contributed by atoms with Crippen molar-refractivity contribution in [1.29, 1.82) is 0 Å². The predicted molar refractivity (Wildman–Crippen MR) is 73.1 cm³/mol. The van der Waals surface area contributed by atoms with Crippen LogP contribution in [0.4, 0.5) is 0 Å². The molecule has 0 bridgehead atoms. The van der Waals surface area contributed by atoms with E-state index in [2.05, 4.69) is 12.0 Å². The maximum atomic E-state index is 11.9. The van der Waals surface area contributed by atoms with Gasteiger partial charge in [-0.15, -0.1) is 0 Å². The SMILES string of the molecule is CCCCCCCC(=O)N(C)Cc1cnn(C)c1. The third-order valence-corrected chi connectivity index (χ3v) is 3.10. The molecule has 0 unspecified atom stereocenters. The Balaban J connectivity index is 2.20. The maximum Gasteiger partial charge on any atom is 0.222 e. The average molecular weight is 251 g/mol. The summed E-state index contributed by atoms with van der Waals surface area (Å²) in [6.07, 6.45) is 10.4. The van der Waals surface area contributed by atoms with Crippen LogP contribution in [0.1, 0.15) is 51.0 Å².